The summed E-state index contributed by atoms with van der Waals surface area (Å²) in [6, 6.07) is 15.5. The first-order valence-electron chi connectivity index (χ1n) is 7.79. The van der Waals surface area contributed by atoms with Crippen molar-refractivity contribution in [3.63, 3.8) is 0 Å². The maximum absolute atomic E-state index is 5.94. The lowest BCUT2D eigenvalue weighted by Gasteiger charge is -2.04. The van der Waals surface area contributed by atoms with Gasteiger partial charge in [0.05, 0.1) is 7.11 Å². The molecule has 0 atom stereocenters. The molecule has 0 radical (unpaired) electrons. The zero-order valence-electron chi connectivity index (χ0n) is 14.2. The van der Waals surface area contributed by atoms with Gasteiger partial charge >= 0.3 is 0 Å². The van der Waals surface area contributed by atoms with Gasteiger partial charge in [0.25, 0.3) is 0 Å². The average molecular weight is 648 g/mol. The molecule has 3 aromatic rings. The van der Waals surface area contributed by atoms with Crippen LogP contribution in [0.4, 0.5) is 0 Å². The van der Waals surface area contributed by atoms with E-state index in [2.05, 4.69) is 73.3 Å². The molecule has 3 nitrogen and oxygen atoms in total. The van der Waals surface area contributed by atoms with Gasteiger partial charge in [-0.15, -0.1) is 0 Å². The Morgan fingerprint density at radius 2 is 1.30 bits per heavy atom. The fourth-order valence-corrected chi connectivity index (χ4v) is 4.63. The lowest BCUT2D eigenvalue weighted by Crippen LogP contribution is -1.96. The number of benzene rings is 1. The summed E-state index contributed by atoms with van der Waals surface area (Å²) >= 11 is 21.4. The van der Waals surface area contributed by atoms with E-state index in [1.807, 2.05) is 18.2 Å². The fraction of sp³-hybridized carbons (Fsp3) is 0.158. The molecular formula is C19H15Cl3I2N2O. The number of halogens is 5. The first kappa shape index (κ1) is 22.9. The highest BCUT2D eigenvalue weighted by molar-refractivity contribution is 14.1. The van der Waals surface area contributed by atoms with Crippen molar-refractivity contribution in [1.29, 1.82) is 0 Å². The summed E-state index contributed by atoms with van der Waals surface area (Å²) in [5, 5.41) is 1.44. The van der Waals surface area contributed by atoms with Crippen LogP contribution in [0.2, 0.25) is 15.5 Å². The van der Waals surface area contributed by atoms with Crippen molar-refractivity contribution in [2.24, 2.45) is 0 Å². The maximum atomic E-state index is 5.94. The second kappa shape index (κ2) is 11.6. The molecule has 0 spiro atoms. The van der Waals surface area contributed by atoms with Gasteiger partial charge in [0.15, 0.2) is 0 Å². The third kappa shape index (κ3) is 8.68. The van der Waals surface area contributed by atoms with Crippen LogP contribution in [0.15, 0.2) is 48.5 Å². The summed E-state index contributed by atoms with van der Waals surface area (Å²) in [4.78, 5) is 8.08. The van der Waals surface area contributed by atoms with E-state index < -0.39 is 0 Å². The third-order valence-corrected chi connectivity index (χ3v) is 5.19. The van der Waals surface area contributed by atoms with Gasteiger partial charge in [0.2, 0.25) is 0 Å². The molecule has 0 unspecified atom stereocenters. The number of aryl methyl sites for hydroxylation is 2. The van der Waals surface area contributed by atoms with E-state index in [4.69, 9.17) is 39.5 Å². The zero-order chi connectivity index (χ0) is 19.8. The third-order valence-electron chi connectivity index (χ3n) is 3.37. The summed E-state index contributed by atoms with van der Waals surface area (Å²) in [6.07, 6.45) is 1.84. The Balaban J connectivity index is 0.000000244. The molecule has 0 fully saturated rings. The highest BCUT2D eigenvalue weighted by atomic mass is 127. The van der Waals surface area contributed by atoms with Gasteiger partial charge in [0.1, 0.15) is 21.2 Å². The van der Waals surface area contributed by atoms with Gasteiger partial charge in [-0.25, -0.2) is 9.97 Å². The molecule has 8 heteroatoms. The van der Waals surface area contributed by atoms with E-state index in [-0.39, 0.29) is 0 Å². The molecular weight excluding hydrogens is 632 g/mol. The van der Waals surface area contributed by atoms with Gasteiger partial charge < -0.3 is 4.74 Å². The minimum absolute atomic E-state index is 0.437. The molecule has 1 aromatic carbocycles. The highest BCUT2D eigenvalue weighted by Crippen LogP contribution is 2.17. The number of aromatic nitrogens is 2. The van der Waals surface area contributed by atoms with Crippen molar-refractivity contribution in [3.05, 3.63) is 82.4 Å². The molecule has 0 N–H and O–H groups in total. The number of hydrogen-bond acceptors (Lipinski definition) is 3. The number of nitrogens with zero attached hydrogens (tertiary/aromatic N) is 2. The zero-order valence-corrected chi connectivity index (χ0v) is 20.8. The summed E-state index contributed by atoms with van der Waals surface area (Å²) < 4.78 is 7.25. The van der Waals surface area contributed by atoms with Crippen LogP contribution in [0, 0.1) is 7.14 Å². The molecule has 2 aromatic heterocycles. The van der Waals surface area contributed by atoms with E-state index in [1.165, 1.54) is 5.56 Å². The highest BCUT2D eigenvalue weighted by Gasteiger charge is 2.01. The molecule has 0 aliphatic rings. The topological polar surface area (TPSA) is 35.0 Å². The second-order valence-electron chi connectivity index (χ2n) is 5.38. The second-order valence-corrected chi connectivity index (χ2v) is 9.03. The van der Waals surface area contributed by atoms with Crippen LogP contribution in [0.1, 0.15) is 11.3 Å². The van der Waals surface area contributed by atoms with Crippen molar-refractivity contribution in [2.75, 3.05) is 7.11 Å². The number of ether oxygens (including phenoxy) is 1. The van der Waals surface area contributed by atoms with Gasteiger partial charge in [-0.3, -0.25) is 0 Å². The maximum Gasteiger partial charge on any atom is 0.131 e. The summed E-state index contributed by atoms with van der Waals surface area (Å²) in [5.74, 6) is 0.883. The van der Waals surface area contributed by atoms with E-state index in [0.717, 1.165) is 31.4 Å². The summed E-state index contributed by atoms with van der Waals surface area (Å²) in [7, 11) is 1.67. The van der Waals surface area contributed by atoms with Gasteiger partial charge in [0, 0.05) is 12.8 Å². The van der Waals surface area contributed by atoms with Crippen LogP contribution >= 0.6 is 80.0 Å². The van der Waals surface area contributed by atoms with Gasteiger partial charge in [-0.1, -0.05) is 46.9 Å². The Hall–Kier alpha value is -0.350. The molecule has 142 valence electrons. The predicted molar refractivity (Wildman–Crippen MR) is 129 cm³/mol. The molecule has 0 bridgehead atoms. The standard InChI is InChI=1S/C14H13ClINO.C5H2Cl2IN/c1-18-13-6-3-10(4-7-13)2-5-12-8-11(16)9-14(15)17-12;6-4-1-3(8)2-5(7)9-4/h3-4,6-9H,2,5H2,1H3;1-2H. The van der Waals surface area contributed by atoms with E-state index in [1.54, 1.807) is 19.2 Å². The SMILES string of the molecule is COc1ccc(CCc2cc(I)cc(Cl)n2)cc1.Clc1cc(I)cc(Cl)n1. The Morgan fingerprint density at radius 1 is 0.778 bits per heavy atom. The lowest BCUT2D eigenvalue weighted by atomic mass is 10.1. The smallest absolute Gasteiger partial charge is 0.131 e. The average Bonchev–Trinajstić information content (AvgIpc) is 2.59. The van der Waals surface area contributed by atoms with Crippen molar-refractivity contribution < 1.29 is 4.74 Å². The molecule has 0 saturated carbocycles. The molecule has 2 heterocycles. The summed E-state index contributed by atoms with van der Waals surface area (Å²) in [6.45, 7) is 0. The number of pyridine rings is 2. The minimum Gasteiger partial charge on any atom is -0.497 e. The van der Waals surface area contributed by atoms with E-state index in [9.17, 15) is 0 Å². The van der Waals surface area contributed by atoms with Crippen molar-refractivity contribution in [1.82, 2.24) is 9.97 Å². The first-order chi connectivity index (χ1) is 12.9. The number of methoxy groups -OCH3 is 1. The lowest BCUT2D eigenvalue weighted by molar-refractivity contribution is 0.414. The summed E-state index contributed by atoms with van der Waals surface area (Å²) in [5.41, 5.74) is 2.30. The molecule has 27 heavy (non-hydrogen) atoms. The Bertz CT molecular complexity index is 822. The molecule has 0 amide bonds. The van der Waals surface area contributed by atoms with Crippen LogP contribution < -0.4 is 4.74 Å². The molecule has 0 aliphatic heterocycles. The monoisotopic (exact) mass is 646 g/mol. The number of rotatable bonds is 4. The van der Waals surface area contributed by atoms with Crippen LogP contribution in [-0.2, 0) is 12.8 Å². The molecule has 0 aliphatic carbocycles. The van der Waals surface area contributed by atoms with Crippen LogP contribution in [-0.4, -0.2) is 17.1 Å². The fourth-order valence-electron chi connectivity index (χ4n) is 2.14. The van der Waals surface area contributed by atoms with Gasteiger partial charge in [-0.05, 0) is 100.0 Å². The van der Waals surface area contributed by atoms with E-state index in [0.29, 0.717) is 15.5 Å². The van der Waals surface area contributed by atoms with Crippen molar-refractivity contribution in [3.8, 4) is 5.75 Å². The van der Waals surface area contributed by atoms with Crippen LogP contribution in [0.5, 0.6) is 5.75 Å². The minimum atomic E-state index is 0.437. The van der Waals surface area contributed by atoms with Crippen LogP contribution in [0.25, 0.3) is 0 Å². The van der Waals surface area contributed by atoms with Crippen molar-refractivity contribution in [2.45, 2.75) is 12.8 Å². The van der Waals surface area contributed by atoms with E-state index >= 15 is 0 Å². The van der Waals surface area contributed by atoms with Crippen molar-refractivity contribution >= 4 is 80.0 Å². The largest absolute Gasteiger partial charge is 0.497 e. The van der Waals surface area contributed by atoms with Gasteiger partial charge in [-0.2, -0.15) is 0 Å². The number of hydrogen-bond donors (Lipinski definition) is 0. The predicted octanol–water partition coefficient (Wildman–Crippen LogP) is 7.13. The normalized spacial score (nSPS) is 10.1. The molecule has 0 saturated heterocycles. The van der Waals surface area contributed by atoms with Crippen LogP contribution in [0.3, 0.4) is 0 Å². The Morgan fingerprint density at radius 3 is 1.78 bits per heavy atom. The quantitative estimate of drug-likeness (QED) is 0.224. The molecule has 3 rings (SSSR count). The Kier molecular flexibility index (Phi) is 9.86. The Labute approximate surface area is 201 Å². The first-order valence-corrected chi connectivity index (χ1v) is 11.1.